The van der Waals surface area contributed by atoms with Crippen molar-refractivity contribution < 1.29 is 4.42 Å². The van der Waals surface area contributed by atoms with E-state index in [1.54, 1.807) is 0 Å². The number of furan rings is 1. The SMILES string of the molecule is CCCN1CCC(NCc2ccc(C3CC3C)o2)CC1. The third-order valence-electron chi connectivity index (χ3n) is 4.85. The Hall–Kier alpha value is -0.800. The van der Waals surface area contributed by atoms with Gasteiger partial charge in [0.2, 0.25) is 0 Å². The molecule has 0 radical (unpaired) electrons. The van der Waals surface area contributed by atoms with E-state index in [1.165, 1.54) is 51.1 Å². The normalized spacial score (nSPS) is 27.9. The molecule has 1 aliphatic carbocycles. The van der Waals surface area contributed by atoms with Crippen LogP contribution in [0.2, 0.25) is 0 Å². The lowest BCUT2D eigenvalue weighted by atomic mass is 10.0. The Bertz CT molecular complexity index is 420. The molecule has 1 aromatic rings. The molecule has 112 valence electrons. The highest BCUT2D eigenvalue weighted by molar-refractivity contribution is 5.17. The topological polar surface area (TPSA) is 28.4 Å². The van der Waals surface area contributed by atoms with Gasteiger partial charge in [-0.3, -0.25) is 0 Å². The van der Waals surface area contributed by atoms with E-state index in [0.717, 1.165) is 18.2 Å². The standard InChI is InChI=1S/C17H28N2O/c1-3-8-19-9-6-14(7-10-19)18-12-15-4-5-17(20-15)16-11-13(16)2/h4-5,13-14,16,18H,3,6-12H2,1-2H3. The molecular weight excluding hydrogens is 248 g/mol. The molecule has 3 nitrogen and oxygen atoms in total. The van der Waals surface area contributed by atoms with Gasteiger partial charge in [-0.05, 0) is 63.4 Å². The van der Waals surface area contributed by atoms with E-state index in [1.807, 2.05) is 0 Å². The molecule has 1 saturated carbocycles. The lowest BCUT2D eigenvalue weighted by Crippen LogP contribution is -2.42. The summed E-state index contributed by atoms with van der Waals surface area (Å²) in [7, 11) is 0. The van der Waals surface area contributed by atoms with Crippen molar-refractivity contribution in [3.63, 3.8) is 0 Å². The molecule has 1 saturated heterocycles. The van der Waals surface area contributed by atoms with Crippen molar-refractivity contribution in [3.05, 3.63) is 23.7 Å². The summed E-state index contributed by atoms with van der Waals surface area (Å²) >= 11 is 0. The summed E-state index contributed by atoms with van der Waals surface area (Å²) in [6, 6.07) is 4.99. The van der Waals surface area contributed by atoms with Gasteiger partial charge in [0.25, 0.3) is 0 Å². The van der Waals surface area contributed by atoms with E-state index < -0.39 is 0 Å². The van der Waals surface area contributed by atoms with Crippen LogP contribution in [-0.2, 0) is 6.54 Å². The van der Waals surface area contributed by atoms with Gasteiger partial charge in [0, 0.05) is 12.0 Å². The van der Waals surface area contributed by atoms with Gasteiger partial charge in [0.15, 0.2) is 0 Å². The molecule has 0 bridgehead atoms. The Morgan fingerprint density at radius 1 is 1.30 bits per heavy atom. The van der Waals surface area contributed by atoms with Crippen molar-refractivity contribution in [1.29, 1.82) is 0 Å². The molecule has 1 aromatic heterocycles. The number of piperidine rings is 1. The number of likely N-dealkylation sites (tertiary alicyclic amines) is 1. The first-order valence-electron chi connectivity index (χ1n) is 8.30. The molecule has 2 heterocycles. The third kappa shape index (κ3) is 3.44. The molecule has 1 N–H and O–H groups in total. The summed E-state index contributed by atoms with van der Waals surface area (Å²) in [6.45, 7) is 9.20. The first-order valence-corrected chi connectivity index (χ1v) is 8.30. The first kappa shape index (κ1) is 14.2. The van der Waals surface area contributed by atoms with Gasteiger partial charge >= 0.3 is 0 Å². The van der Waals surface area contributed by atoms with Crippen molar-refractivity contribution >= 4 is 0 Å². The Morgan fingerprint density at radius 3 is 2.70 bits per heavy atom. The zero-order chi connectivity index (χ0) is 13.9. The second-order valence-corrected chi connectivity index (χ2v) is 6.62. The number of rotatable bonds is 6. The minimum Gasteiger partial charge on any atom is -0.464 e. The molecule has 3 rings (SSSR count). The van der Waals surface area contributed by atoms with E-state index in [-0.39, 0.29) is 0 Å². The predicted octanol–water partition coefficient (Wildman–Crippen LogP) is 3.37. The van der Waals surface area contributed by atoms with Crippen LogP contribution in [0.15, 0.2) is 16.5 Å². The van der Waals surface area contributed by atoms with Crippen molar-refractivity contribution in [3.8, 4) is 0 Å². The summed E-state index contributed by atoms with van der Waals surface area (Å²) in [4.78, 5) is 2.58. The Balaban J connectivity index is 1.40. The van der Waals surface area contributed by atoms with Crippen LogP contribution in [0.5, 0.6) is 0 Å². The lowest BCUT2D eigenvalue weighted by molar-refractivity contribution is 0.196. The largest absolute Gasteiger partial charge is 0.464 e. The van der Waals surface area contributed by atoms with Gasteiger partial charge in [0.05, 0.1) is 6.54 Å². The highest BCUT2D eigenvalue weighted by Crippen LogP contribution is 2.47. The maximum Gasteiger partial charge on any atom is 0.117 e. The molecular formula is C17H28N2O. The van der Waals surface area contributed by atoms with Crippen molar-refractivity contribution in [2.75, 3.05) is 19.6 Å². The minimum atomic E-state index is 0.663. The van der Waals surface area contributed by atoms with Crippen LogP contribution in [-0.4, -0.2) is 30.6 Å². The van der Waals surface area contributed by atoms with E-state index in [0.29, 0.717) is 12.0 Å². The van der Waals surface area contributed by atoms with Gasteiger partial charge in [-0.1, -0.05) is 13.8 Å². The zero-order valence-corrected chi connectivity index (χ0v) is 12.9. The van der Waals surface area contributed by atoms with E-state index in [9.17, 15) is 0 Å². The molecule has 2 aliphatic rings. The van der Waals surface area contributed by atoms with Crippen LogP contribution < -0.4 is 5.32 Å². The third-order valence-corrected chi connectivity index (χ3v) is 4.85. The summed E-state index contributed by atoms with van der Waals surface area (Å²) < 4.78 is 5.96. The maximum atomic E-state index is 5.96. The van der Waals surface area contributed by atoms with E-state index in [4.69, 9.17) is 4.42 Å². The Kier molecular flexibility index (Phi) is 4.47. The van der Waals surface area contributed by atoms with Gasteiger partial charge in [-0.25, -0.2) is 0 Å². The van der Waals surface area contributed by atoms with Crippen molar-refractivity contribution in [2.45, 2.75) is 58.0 Å². The number of hydrogen-bond acceptors (Lipinski definition) is 3. The fourth-order valence-corrected chi connectivity index (χ4v) is 3.33. The maximum absolute atomic E-state index is 5.96. The van der Waals surface area contributed by atoms with Gasteiger partial charge < -0.3 is 14.6 Å². The Morgan fingerprint density at radius 2 is 2.05 bits per heavy atom. The van der Waals surface area contributed by atoms with Gasteiger partial charge in [0.1, 0.15) is 11.5 Å². The average molecular weight is 276 g/mol. The molecule has 0 aromatic carbocycles. The molecule has 0 amide bonds. The number of hydrogen-bond donors (Lipinski definition) is 1. The van der Waals surface area contributed by atoms with Crippen LogP contribution >= 0.6 is 0 Å². The monoisotopic (exact) mass is 276 g/mol. The van der Waals surface area contributed by atoms with Crippen LogP contribution in [0.1, 0.15) is 57.0 Å². The highest BCUT2D eigenvalue weighted by Gasteiger charge is 2.36. The first-order chi connectivity index (χ1) is 9.76. The molecule has 2 unspecified atom stereocenters. The molecule has 2 atom stereocenters. The summed E-state index contributed by atoms with van der Waals surface area (Å²) in [5.74, 6) is 3.83. The summed E-state index contributed by atoms with van der Waals surface area (Å²) in [5, 5.41) is 3.66. The summed E-state index contributed by atoms with van der Waals surface area (Å²) in [5.41, 5.74) is 0. The molecule has 1 aliphatic heterocycles. The average Bonchev–Trinajstić information content (AvgIpc) is 3.01. The van der Waals surface area contributed by atoms with E-state index in [2.05, 4.69) is 36.2 Å². The van der Waals surface area contributed by atoms with Crippen LogP contribution in [0.4, 0.5) is 0 Å². The molecule has 0 spiro atoms. The number of nitrogens with one attached hydrogen (secondary N) is 1. The fraction of sp³-hybridized carbons (Fsp3) is 0.765. The second-order valence-electron chi connectivity index (χ2n) is 6.62. The van der Waals surface area contributed by atoms with Crippen LogP contribution in [0.3, 0.4) is 0 Å². The predicted molar refractivity (Wildman–Crippen MR) is 81.8 cm³/mol. The quantitative estimate of drug-likeness (QED) is 0.863. The highest BCUT2D eigenvalue weighted by atomic mass is 16.3. The molecule has 20 heavy (non-hydrogen) atoms. The summed E-state index contributed by atoms with van der Waals surface area (Å²) in [6.07, 6.45) is 5.11. The molecule has 3 heteroatoms. The van der Waals surface area contributed by atoms with Crippen LogP contribution in [0, 0.1) is 5.92 Å². The fourth-order valence-electron chi connectivity index (χ4n) is 3.33. The van der Waals surface area contributed by atoms with Crippen molar-refractivity contribution in [1.82, 2.24) is 10.2 Å². The van der Waals surface area contributed by atoms with Gasteiger partial charge in [-0.15, -0.1) is 0 Å². The molecule has 2 fully saturated rings. The smallest absolute Gasteiger partial charge is 0.117 e. The van der Waals surface area contributed by atoms with E-state index >= 15 is 0 Å². The Labute approximate surface area is 122 Å². The number of nitrogens with zero attached hydrogens (tertiary/aromatic N) is 1. The lowest BCUT2D eigenvalue weighted by Gasteiger charge is -2.32. The van der Waals surface area contributed by atoms with Crippen LogP contribution in [0.25, 0.3) is 0 Å². The van der Waals surface area contributed by atoms with Gasteiger partial charge in [-0.2, -0.15) is 0 Å². The zero-order valence-electron chi connectivity index (χ0n) is 12.9. The second kappa shape index (κ2) is 6.31. The minimum absolute atomic E-state index is 0.663. The van der Waals surface area contributed by atoms with Crippen molar-refractivity contribution in [2.24, 2.45) is 5.92 Å².